The Morgan fingerprint density at radius 1 is 1.06 bits per heavy atom. The highest BCUT2D eigenvalue weighted by molar-refractivity contribution is 5.48. The number of nitrogens with one attached hydrogen (secondary N) is 1. The van der Waals surface area contributed by atoms with Gasteiger partial charge in [0.2, 0.25) is 0 Å². The average Bonchev–Trinajstić information content (AvgIpc) is 2.41. The number of anilines is 1. The van der Waals surface area contributed by atoms with Crippen molar-refractivity contribution in [2.45, 2.75) is 32.6 Å². The predicted molar refractivity (Wildman–Crippen MR) is 74.8 cm³/mol. The summed E-state index contributed by atoms with van der Waals surface area (Å²) in [6, 6.07) is 9.17. The zero-order valence-corrected chi connectivity index (χ0v) is 10.9. The molecule has 0 saturated carbocycles. The summed E-state index contributed by atoms with van der Waals surface area (Å²) >= 11 is 0. The van der Waals surface area contributed by atoms with Crippen molar-refractivity contribution in [3.63, 3.8) is 0 Å². The van der Waals surface area contributed by atoms with Crippen molar-refractivity contribution in [2.24, 2.45) is 0 Å². The van der Waals surface area contributed by atoms with Crippen LogP contribution in [0.15, 0.2) is 24.3 Å². The minimum Gasteiger partial charge on any atom is -0.369 e. The van der Waals surface area contributed by atoms with Gasteiger partial charge in [0.25, 0.3) is 0 Å². The van der Waals surface area contributed by atoms with E-state index in [2.05, 4.69) is 41.4 Å². The van der Waals surface area contributed by atoms with Gasteiger partial charge >= 0.3 is 0 Å². The summed E-state index contributed by atoms with van der Waals surface area (Å²) in [5, 5.41) is 3.39. The maximum atomic E-state index is 3.39. The fourth-order valence-electron chi connectivity index (χ4n) is 2.38. The van der Waals surface area contributed by atoms with Crippen molar-refractivity contribution < 1.29 is 0 Å². The lowest BCUT2D eigenvalue weighted by atomic mass is 10.1. The first-order chi connectivity index (χ1) is 8.40. The largest absolute Gasteiger partial charge is 0.369 e. The first kappa shape index (κ1) is 12.4. The molecule has 2 heteroatoms. The number of rotatable bonds is 5. The highest BCUT2D eigenvalue weighted by Gasteiger charge is 2.09. The summed E-state index contributed by atoms with van der Waals surface area (Å²) in [6.45, 7) is 6.74. The van der Waals surface area contributed by atoms with E-state index in [0.717, 1.165) is 26.2 Å². The van der Waals surface area contributed by atoms with Crippen molar-refractivity contribution in [1.82, 2.24) is 5.32 Å². The van der Waals surface area contributed by atoms with Gasteiger partial charge in [-0.15, -0.1) is 0 Å². The van der Waals surface area contributed by atoms with E-state index in [0.29, 0.717) is 0 Å². The first-order valence-electron chi connectivity index (χ1n) is 6.95. The Morgan fingerprint density at radius 3 is 2.41 bits per heavy atom. The van der Waals surface area contributed by atoms with Gasteiger partial charge in [0.05, 0.1) is 0 Å². The van der Waals surface area contributed by atoms with Crippen LogP contribution in [0.1, 0.15) is 31.7 Å². The summed E-state index contributed by atoms with van der Waals surface area (Å²) < 4.78 is 0. The topological polar surface area (TPSA) is 15.3 Å². The van der Waals surface area contributed by atoms with E-state index in [1.165, 1.54) is 36.9 Å². The van der Waals surface area contributed by atoms with Gasteiger partial charge < -0.3 is 10.2 Å². The lowest BCUT2D eigenvalue weighted by molar-refractivity contribution is 0.589. The van der Waals surface area contributed by atoms with E-state index < -0.39 is 0 Å². The molecule has 0 unspecified atom stereocenters. The second kappa shape index (κ2) is 6.65. The molecule has 1 N–H and O–H groups in total. The smallest absolute Gasteiger partial charge is 0.0367 e. The van der Waals surface area contributed by atoms with Gasteiger partial charge in [0, 0.05) is 31.9 Å². The minimum absolute atomic E-state index is 1.11. The Kier molecular flexibility index (Phi) is 4.87. The maximum absolute atomic E-state index is 3.39. The van der Waals surface area contributed by atoms with Crippen LogP contribution in [0, 0.1) is 0 Å². The molecule has 0 radical (unpaired) electrons. The first-order valence-corrected chi connectivity index (χ1v) is 6.95. The highest BCUT2D eigenvalue weighted by Crippen LogP contribution is 2.17. The van der Waals surface area contributed by atoms with Crippen LogP contribution in [0.5, 0.6) is 0 Å². The molecular formula is C15H24N2. The molecule has 1 heterocycles. The van der Waals surface area contributed by atoms with Crippen molar-refractivity contribution in [3.8, 4) is 0 Å². The lowest BCUT2D eigenvalue weighted by Gasteiger charge is -2.29. The number of benzene rings is 1. The maximum Gasteiger partial charge on any atom is 0.0367 e. The molecule has 1 aromatic carbocycles. The third-order valence-electron chi connectivity index (χ3n) is 3.49. The van der Waals surface area contributed by atoms with Crippen molar-refractivity contribution in [1.29, 1.82) is 0 Å². The molecule has 17 heavy (non-hydrogen) atoms. The number of nitrogens with zero attached hydrogens (tertiary/aromatic N) is 1. The standard InChI is InChI=1S/C15H24N2/c1-2-3-4-5-14-6-8-15(9-7-14)17-12-10-16-11-13-17/h6-9,16H,2-5,10-13H2,1H3. The number of piperazine rings is 1. The highest BCUT2D eigenvalue weighted by atomic mass is 15.2. The fraction of sp³-hybridized carbons (Fsp3) is 0.600. The van der Waals surface area contributed by atoms with E-state index in [9.17, 15) is 0 Å². The van der Waals surface area contributed by atoms with Crippen molar-refractivity contribution in [2.75, 3.05) is 31.1 Å². The monoisotopic (exact) mass is 232 g/mol. The van der Waals surface area contributed by atoms with E-state index in [1.54, 1.807) is 0 Å². The molecule has 1 aliphatic heterocycles. The molecule has 1 saturated heterocycles. The van der Waals surface area contributed by atoms with Gasteiger partial charge in [-0.25, -0.2) is 0 Å². The summed E-state index contributed by atoms with van der Waals surface area (Å²) in [6.07, 6.45) is 5.21. The van der Waals surface area contributed by atoms with Crippen LogP contribution in [0.2, 0.25) is 0 Å². The van der Waals surface area contributed by atoms with Crippen LogP contribution < -0.4 is 10.2 Å². The molecule has 0 spiro atoms. The Bertz CT molecular complexity index is 312. The van der Waals surface area contributed by atoms with E-state index in [4.69, 9.17) is 0 Å². The number of hydrogen-bond donors (Lipinski definition) is 1. The van der Waals surface area contributed by atoms with Crippen LogP contribution in [0.3, 0.4) is 0 Å². The normalized spacial score (nSPS) is 16.2. The summed E-state index contributed by atoms with van der Waals surface area (Å²) in [4.78, 5) is 2.46. The van der Waals surface area contributed by atoms with Crippen LogP contribution in [0.25, 0.3) is 0 Å². The Labute approximate surface area is 105 Å². The van der Waals surface area contributed by atoms with Crippen LogP contribution in [-0.4, -0.2) is 26.2 Å². The van der Waals surface area contributed by atoms with Gasteiger partial charge in [0.15, 0.2) is 0 Å². The Morgan fingerprint density at radius 2 is 1.76 bits per heavy atom. The van der Waals surface area contributed by atoms with Crippen LogP contribution in [-0.2, 0) is 6.42 Å². The predicted octanol–water partition coefficient (Wildman–Crippen LogP) is 2.83. The molecule has 1 fully saturated rings. The quantitative estimate of drug-likeness (QED) is 0.785. The molecule has 94 valence electrons. The third kappa shape index (κ3) is 3.74. The second-order valence-electron chi connectivity index (χ2n) is 4.86. The van der Waals surface area contributed by atoms with E-state index >= 15 is 0 Å². The number of unbranched alkanes of at least 4 members (excludes halogenated alkanes) is 2. The van der Waals surface area contributed by atoms with Crippen molar-refractivity contribution >= 4 is 5.69 Å². The van der Waals surface area contributed by atoms with Crippen molar-refractivity contribution in [3.05, 3.63) is 29.8 Å². The molecule has 0 bridgehead atoms. The minimum atomic E-state index is 1.11. The van der Waals surface area contributed by atoms with Gasteiger partial charge in [-0.2, -0.15) is 0 Å². The second-order valence-corrected chi connectivity index (χ2v) is 4.86. The van der Waals surface area contributed by atoms with Gasteiger partial charge in [-0.1, -0.05) is 31.9 Å². The molecule has 2 nitrogen and oxygen atoms in total. The summed E-state index contributed by atoms with van der Waals surface area (Å²) in [5.74, 6) is 0. The van der Waals surface area contributed by atoms with E-state index in [-0.39, 0.29) is 0 Å². The number of hydrogen-bond acceptors (Lipinski definition) is 2. The SMILES string of the molecule is CCCCCc1ccc(N2CCNCC2)cc1. The Balaban J connectivity index is 1.88. The zero-order valence-electron chi connectivity index (χ0n) is 10.9. The Hall–Kier alpha value is -1.02. The molecule has 0 amide bonds. The van der Waals surface area contributed by atoms with Gasteiger partial charge in [-0.05, 0) is 30.5 Å². The van der Waals surface area contributed by atoms with Crippen LogP contribution in [0.4, 0.5) is 5.69 Å². The summed E-state index contributed by atoms with van der Waals surface area (Å²) in [7, 11) is 0. The molecule has 0 aliphatic carbocycles. The van der Waals surface area contributed by atoms with Gasteiger partial charge in [-0.3, -0.25) is 0 Å². The third-order valence-corrected chi connectivity index (χ3v) is 3.49. The average molecular weight is 232 g/mol. The molecule has 0 atom stereocenters. The summed E-state index contributed by atoms with van der Waals surface area (Å²) in [5.41, 5.74) is 2.86. The fourth-order valence-corrected chi connectivity index (χ4v) is 2.38. The van der Waals surface area contributed by atoms with Crippen LogP contribution >= 0.6 is 0 Å². The molecule has 1 aromatic rings. The van der Waals surface area contributed by atoms with Gasteiger partial charge in [0.1, 0.15) is 0 Å². The zero-order chi connectivity index (χ0) is 11.9. The van der Waals surface area contributed by atoms with E-state index in [1.807, 2.05) is 0 Å². The number of aryl methyl sites for hydroxylation is 1. The molecular weight excluding hydrogens is 208 g/mol. The molecule has 0 aromatic heterocycles. The molecule has 2 rings (SSSR count). The molecule has 1 aliphatic rings. The lowest BCUT2D eigenvalue weighted by Crippen LogP contribution is -2.43.